The lowest BCUT2D eigenvalue weighted by molar-refractivity contribution is -0.0524. The summed E-state index contributed by atoms with van der Waals surface area (Å²) in [6.07, 6.45) is 6.80. The predicted octanol–water partition coefficient (Wildman–Crippen LogP) is 5.61. The summed E-state index contributed by atoms with van der Waals surface area (Å²) in [5.74, 6) is -0.207. The fraction of sp³-hybridized carbons (Fsp3) is 0.400. The minimum absolute atomic E-state index is 0.109. The zero-order chi connectivity index (χ0) is 21.3. The van der Waals surface area contributed by atoms with E-state index in [-0.39, 0.29) is 38.9 Å². The number of carbonyl (C=O) groups excluding carboxylic acids is 1. The minimum atomic E-state index is -3.02. The molecule has 1 aliphatic carbocycles. The molecule has 1 fully saturated rings. The Morgan fingerprint density at radius 3 is 2.60 bits per heavy atom. The van der Waals surface area contributed by atoms with Gasteiger partial charge in [0.1, 0.15) is 6.10 Å². The fourth-order valence-corrected chi connectivity index (χ4v) is 4.39. The molecule has 30 heavy (non-hydrogen) atoms. The van der Waals surface area contributed by atoms with Crippen LogP contribution in [0.1, 0.15) is 36.0 Å². The number of amides is 1. The molecule has 2 aliphatic rings. The molecule has 10 heteroatoms. The molecule has 0 spiro atoms. The van der Waals surface area contributed by atoms with Crippen LogP contribution in [0, 0.1) is 5.92 Å². The molecule has 1 aliphatic heterocycles. The highest BCUT2D eigenvalue weighted by atomic mass is 35.5. The quantitative estimate of drug-likeness (QED) is 0.610. The Hall–Kier alpha value is -2.32. The lowest BCUT2D eigenvalue weighted by atomic mass is 9.98. The molecule has 0 unspecified atom stereocenters. The van der Waals surface area contributed by atoms with Gasteiger partial charge in [0.15, 0.2) is 11.5 Å². The first-order chi connectivity index (χ1) is 14.4. The first-order valence-corrected chi connectivity index (χ1v) is 10.3. The molecule has 1 aromatic carbocycles. The van der Waals surface area contributed by atoms with Crippen molar-refractivity contribution in [1.82, 2.24) is 4.98 Å². The van der Waals surface area contributed by atoms with E-state index in [0.29, 0.717) is 18.2 Å². The molecule has 0 saturated heterocycles. The minimum Gasteiger partial charge on any atom is -0.482 e. The van der Waals surface area contributed by atoms with Gasteiger partial charge < -0.3 is 20.1 Å². The SMILES string of the molecule is O=C(Nc1c(Cl)cncc1Cl)c1ccc(OC(F)F)c2c1NC[C@H](C1CCCC1)O2. The van der Waals surface area contributed by atoms with Gasteiger partial charge in [-0.05, 0) is 30.9 Å². The Kier molecular flexibility index (Phi) is 6.15. The Bertz CT molecular complexity index is 935. The van der Waals surface area contributed by atoms with Gasteiger partial charge in [-0.2, -0.15) is 8.78 Å². The van der Waals surface area contributed by atoms with E-state index < -0.39 is 12.5 Å². The molecule has 160 valence electrons. The lowest BCUT2D eigenvalue weighted by Gasteiger charge is -2.33. The van der Waals surface area contributed by atoms with Crippen LogP contribution in [0.5, 0.6) is 11.5 Å². The zero-order valence-electron chi connectivity index (χ0n) is 15.8. The van der Waals surface area contributed by atoms with E-state index in [1.165, 1.54) is 24.5 Å². The van der Waals surface area contributed by atoms with Crippen LogP contribution in [-0.4, -0.2) is 30.2 Å². The number of hydrogen-bond acceptors (Lipinski definition) is 5. The van der Waals surface area contributed by atoms with E-state index in [0.717, 1.165) is 25.7 Å². The predicted molar refractivity (Wildman–Crippen MR) is 110 cm³/mol. The monoisotopic (exact) mass is 457 g/mol. The van der Waals surface area contributed by atoms with Gasteiger partial charge in [0, 0.05) is 12.4 Å². The van der Waals surface area contributed by atoms with Crippen LogP contribution in [0.15, 0.2) is 24.5 Å². The lowest BCUT2D eigenvalue weighted by Crippen LogP contribution is -2.37. The Morgan fingerprint density at radius 1 is 1.23 bits per heavy atom. The van der Waals surface area contributed by atoms with Crippen LogP contribution in [0.25, 0.3) is 0 Å². The standard InChI is InChI=1S/C20H19Cl2F2N3O3/c21-12-7-25-8-13(22)17(12)27-19(28)11-5-6-14(30-20(23)24)18-16(11)26-9-15(29-18)10-3-1-2-4-10/h5-8,10,15,20,26H,1-4,9H2,(H,25,27,28)/t15-/m1/s1. The molecule has 0 radical (unpaired) electrons. The van der Waals surface area contributed by atoms with Crippen molar-refractivity contribution in [2.24, 2.45) is 5.92 Å². The third kappa shape index (κ3) is 4.25. The third-order valence-corrected chi connectivity index (χ3v) is 5.92. The molecular weight excluding hydrogens is 439 g/mol. The number of alkyl halides is 2. The second-order valence-corrected chi connectivity index (χ2v) is 8.02. The fourth-order valence-electron chi connectivity index (χ4n) is 3.93. The number of pyridine rings is 1. The molecule has 2 heterocycles. The van der Waals surface area contributed by atoms with Crippen LogP contribution in [0.3, 0.4) is 0 Å². The summed E-state index contributed by atoms with van der Waals surface area (Å²) < 4.78 is 36.5. The van der Waals surface area contributed by atoms with E-state index in [9.17, 15) is 13.6 Å². The number of anilines is 2. The number of nitrogens with zero attached hydrogens (tertiary/aromatic N) is 1. The molecule has 1 aromatic heterocycles. The van der Waals surface area contributed by atoms with Crippen molar-refractivity contribution in [2.75, 3.05) is 17.2 Å². The van der Waals surface area contributed by atoms with Crippen molar-refractivity contribution in [3.05, 3.63) is 40.1 Å². The number of ether oxygens (including phenoxy) is 2. The highest BCUT2D eigenvalue weighted by Crippen LogP contribution is 2.44. The van der Waals surface area contributed by atoms with E-state index in [4.69, 9.17) is 27.9 Å². The maximum Gasteiger partial charge on any atom is 0.387 e. The van der Waals surface area contributed by atoms with Gasteiger partial charge in [0.2, 0.25) is 0 Å². The Morgan fingerprint density at radius 2 is 1.93 bits per heavy atom. The zero-order valence-corrected chi connectivity index (χ0v) is 17.3. The number of hydrogen-bond donors (Lipinski definition) is 2. The van der Waals surface area contributed by atoms with Crippen LogP contribution < -0.4 is 20.1 Å². The van der Waals surface area contributed by atoms with Crippen molar-refractivity contribution in [1.29, 1.82) is 0 Å². The number of fused-ring (bicyclic) bond motifs is 1. The first-order valence-electron chi connectivity index (χ1n) is 9.56. The van der Waals surface area contributed by atoms with Crippen molar-refractivity contribution >= 4 is 40.5 Å². The van der Waals surface area contributed by atoms with Gasteiger partial charge in [-0.3, -0.25) is 9.78 Å². The summed E-state index contributed by atoms with van der Waals surface area (Å²) >= 11 is 12.1. The molecule has 2 aromatic rings. The van der Waals surface area contributed by atoms with E-state index in [1.807, 2.05) is 0 Å². The van der Waals surface area contributed by atoms with Crippen LogP contribution >= 0.6 is 23.2 Å². The van der Waals surface area contributed by atoms with Gasteiger partial charge in [0.05, 0.1) is 33.5 Å². The van der Waals surface area contributed by atoms with Gasteiger partial charge in [-0.1, -0.05) is 36.0 Å². The second-order valence-electron chi connectivity index (χ2n) is 7.21. The second kappa shape index (κ2) is 8.81. The smallest absolute Gasteiger partial charge is 0.387 e. The maximum atomic E-state index is 12.9. The highest BCUT2D eigenvalue weighted by molar-refractivity contribution is 6.39. The molecule has 2 N–H and O–H groups in total. The first kappa shape index (κ1) is 20.9. The molecule has 1 atom stereocenters. The number of aromatic nitrogens is 1. The van der Waals surface area contributed by atoms with Crippen LogP contribution in [-0.2, 0) is 0 Å². The molecule has 4 rings (SSSR count). The largest absolute Gasteiger partial charge is 0.482 e. The number of nitrogens with one attached hydrogen (secondary N) is 2. The molecule has 0 bridgehead atoms. The number of carbonyl (C=O) groups is 1. The summed E-state index contributed by atoms with van der Waals surface area (Å²) in [4.78, 5) is 16.8. The average Bonchev–Trinajstić information content (AvgIpc) is 3.25. The number of rotatable bonds is 5. The highest BCUT2D eigenvalue weighted by Gasteiger charge is 2.34. The molecule has 1 amide bonds. The average molecular weight is 458 g/mol. The van der Waals surface area contributed by atoms with Gasteiger partial charge >= 0.3 is 6.61 Å². The van der Waals surface area contributed by atoms with Crippen LogP contribution in [0.2, 0.25) is 10.0 Å². The van der Waals surface area contributed by atoms with Crippen molar-refractivity contribution in [3.8, 4) is 11.5 Å². The Balaban J connectivity index is 1.66. The summed E-state index contributed by atoms with van der Waals surface area (Å²) in [7, 11) is 0. The maximum absolute atomic E-state index is 12.9. The van der Waals surface area contributed by atoms with Crippen molar-refractivity contribution in [3.63, 3.8) is 0 Å². The van der Waals surface area contributed by atoms with Crippen molar-refractivity contribution in [2.45, 2.75) is 38.4 Å². The summed E-state index contributed by atoms with van der Waals surface area (Å²) in [5.41, 5.74) is 0.696. The van der Waals surface area contributed by atoms with E-state index >= 15 is 0 Å². The molecule has 6 nitrogen and oxygen atoms in total. The normalized spacial score (nSPS) is 18.5. The van der Waals surface area contributed by atoms with E-state index in [2.05, 4.69) is 20.4 Å². The molecule has 1 saturated carbocycles. The summed E-state index contributed by atoms with van der Waals surface area (Å²) in [6.45, 7) is -2.55. The van der Waals surface area contributed by atoms with Gasteiger partial charge in [-0.25, -0.2) is 0 Å². The number of benzene rings is 1. The van der Waals surface area contributed by atoms with Crippen molar-refractivity contribution < 1.29 is 23.0 Å². The molecular formula is C20H19Cl2F2N3O3. The third-order valence-electron chi connectivity index (χ3n) is 5.35. The van der Waals surface area contributed by atoms with E-state index in [1.54, 1.807) is 0 Å². The van der Waals surface area contributed by atoms with Gasteiger partial charge in [-0.15, -0.1) is 0 Å². The summed E-state index contributed by atoms with van der Waals surface area (Å²) in [6, 6.07) is 2.69. The Labute approximate surface area is 181 Å². The number of halogens is 4. The van der Waals surface area contributed by atoms with Gasteiger partial charge in [0.25, 0.3) is 5.91 Å². The van der Waals surface area contributed by atoms with Crippen LogP contribution in [0.4, 0.5) is 20.2 Å². The summed E-state index contributed by atoms with van der Waals surface area (Å²) in [5, 5.41) is 6.17. The topological polar surface area (TPSA) is 72.5 Å².